The molecule has 1 heterocycles. The van der Waals surface area contributed by atoms with E-state index in [0.29, 0.717) is 39.4 Å². The molecule has 3 rings (SSSR count). The average Bonchev–Trinajstić information content (AvgIpc) is 3.27. The lowest BCUT2D eigenvalue weighted by Gasteiger charge is -2.15. The Bertz CT molecular complexity index is 993. The highest BCUT2D eigenvalue weighted by atomic mass is 32.1. The molecule has 0 aliphatic rings. The Hall–Kier alpha value is -3.26. The lowest BCUT2D eigenvalue weighted by Crippen LogP contribution is -2.26. The number of ether oxygens (including phenoxy) is 4. The van der Waals surface area contributed by atoms with E-state index in [1.54, 1.807) is 59.8 Å². The van der Waals surface area contributed by atoms with E-state index < -0.39 is 0 Å². The number of benzene rings is 2. The third-order valence-electron chi connectivity index (χ3n) is 4.36. The summed E-state index contributed by atoms with van der Waals surface area (Å²) >= 11 is 1.37. The summed E-state index contributed by atoms with van der Waals surface area (Å²) in [5.41, 5.74) is 2.02. The van der Waals surface area contributed by atoms with Gasteiger partial charge in [0.25, 0.3) is 5.91 Å². The summed E-state index contributed by atoms with van der Waals surface area (Å²) in [6.45, 7) is 0. The quantitative estimate of drug-likeness (QED) is 0.579. The van der Waals surface area contributed by atoms with E-state index in [4.69, 9.17) is 18.9 Å². The zero-order valence-electron chi connectivity index (χ0n) is 16.9. The van der Waals surface area contributed by atoms with Gasteiger partial charge in [0.05, 0.1) is 34.1 Å². The van der Waals surface area contributed by atoms with E-state index in [1.165, 1.54) is 16.2 Å². The molecule has 0 spiro atoms. The molecule has 0 bridgehead atoms. The fourth-order valence-electron chi connectivity index (χ4n) is 2.82. The molecular weight excluding hydrogens is 392 g/mol. The average molecular weight is 414 g/mol. The van der Waals surface area contributed by atoms with Crippen molar-refractivity contribution in [3.8, 4) is 34.3 Å². The molecule has 0 saturated carbocycles. The summed E-state index contributed by atoms with van der Waals surface area (Å²) in [6, 6.07) is 10.7. The molecule has 0 aliphatic carbocycles. The van der Waals surface area contributed by atoms with Crippen LogP contribution in [0.1, 0.15) is 10.4 Å². The Morgan fingerprint density at radius 2 is 1.66 bits per heavy atom. The number of aromatic nitrogens is 1. The number of carbonyl (C=O) groups is 1. The number of carbonyl (C=O) groups excluding carboxylic acids is 1. The Balaban J connectivity index is 1.91. The number of amides is 1. The molecule has 8 heteroatoms. The summed E-state index contributed by atoms with van der Waals surface area (Å²) < 4.78 is 21.4. The first kappa shape index (κ1) is 20.5. The van der Waals surface area contributed by atoms with Crippen molar-refractivity contribution in [2.24, 2.45) is 0 Å². The van der Waals surface area contributed by atoms with Crippen LogP contribution < -0.4 is 23.8 Å². The van der Waals surface area contributed by atoms with Gasteiger partial charge < -0.3 is 18.9 Å². The van der Waals surface area contributed by atoms with Crippen LogP contribution in [0.3, 0.4) is 0 Å². The van der Waals surface area contributed by atoms with Gasteiger partial charge in [-0.15, -0.1) is 11.3 Å². The summed E-state index contributed by atoms with van der Waals surface area (Å²) in [4.78, 5) is 19.0. The van der Waals surface area contributed by atoms with E-state index in [2.05, 4.69) is 4.98 Å². The Labute approximate surface area is 173 Å². The van der Waals surface area contributed by atoms with Gasteiger partial charge in [0.15, 0.2) is 16.6 Å². The minimum absolute atomic E-state index is 0.172. The third kappa shape index (κ3) is 4.12. The maximum Gasteiger partial charge on any atom is 0.259 e. The molecule has 0 unspecified atom stereocenters. The van der Waals surface area contributed by atoms with Crippen molar-refractivity contribution in [1.29, 1.82) is 0 Å². The molecule has 152 valence electrons. The molecule has 0 aliphatic heterocycles. The van der Waals surface area contributed by atoms with Gasteiger partial charge in [-0.3, -0.25) is 9.69 Å². The topological polar surface area (TPSA) is 70.1 Å². The summed E-state index contributed by atoms with van der Waals surface area (Å²) in [5.74, 6) is 2.05. The highest BCUT2D eigenvalue weighted by Crippen LogP contribution is 2.41. The molecule has 3 aromatic rings. The van der Waals surface area contributed by atoms with E-state index in [-0.39, 0.29) is 5.91 Å². The fraction of sp³-hybridized carbons (Fsp3) is 0.238. The van der Waals surface area contributed by atoms with E-state index in [9.17, 15) is 4.79 Å². The van der Waals surface area contributed by atoms with Gasteiger partial charge in [0.1, 0.15) is 5.75 Å². The van der Waals surface area contributed by atoms with E-state index >= 15 is 0 Å². The monoisotopic (exact) mass is 414 g/mol. The number of rotatable bonds is 7. The first-order valence-corrected chi connectivity index (χ1v) is 9.58. The van der Waals surface area contributed by atoms with Gasteiger partial charge in [0, 0.05) is 23.6 Å². The predicted octanol–water partition coefficient (Wildman–Crippen LogP) is 4.12. The number of hydrogen-bond acceptors (Lipinski definition) is 7. The van der Waals surface area contributed by atoms with Crippen molar-refractivity contribution in [3.63, 3.8) is 0 Å². The number of hydrogen-bond donors (Lipinski definition) is 0. The Kier molecular flexibility index (Phi) is 6.23. The standard InChI is InChI=1S/C21H22N2O5S/c1-23(20(24)13-7-6-8-15(9-13)25-2)21-22-16(12-29-21)14-10-17(26-3)19(28-5)18(11-14)27-4/h6-12H,1-5H3. The van der Waals surface area contributed by atoms with Crippen LogP contribution in [0.2, 0.25) is 0 Å². The van der Waals surface area contributed by atoms with Crippen LogP contribution in [-0.2, 0) is 0 Å². The SMILES string of the molecule is COc1cccc(C(=O)N(C)c2nc(-c3cc(OC)c(OC)c(OC)c3)cs2)c1. The van der Waals surface area contributed by atoms with E-state index in [0.717, 1.165) is 5.56 Å². The molecule has 29 heavy (non-hydrogen) atoms. The number of thiazole rings is 1. The van der Waals surface area contributed by atoms with Crippen molar-refractivity contribution < 1.29 is 23.7 Å². The van der Waals surface area contributed by atoms with Gasteiger partial charge in [-0.05, 0) is 30.3 Å². The number of anilines is 1. The summed E-state index contributed by atoms with van der Waals surface area (Å²) in [6.07, 6.45) is 0. The maximum atomic E-state index is 12.8. The van der Waals surface area contributed by atoms with Crippen molar-refractivity contribution in [3.05, 3.63) is 47.3 Å². The van der Waals surface area contributed by atoms with Crippen molar-refractivity contribution in [1.82, 2.24) is 4.98 Å². The highest BCUT2D eigenvalue weighted by Gasteiger charge is 2.19. The lowest BCUT2D eigenvalue weighted by atomic mass is 10.1. The molecule has 0 N–H and O–H groups in total. The molecule has 7 nitrogen and oxygen atoms in total. The number of nitrogens with zero attached hydrogens (tertiary/aromatic N) is 2. The summed E-state index contributed by atoms with van der Waals surface area (Å²) in [5, 5.41) is 2.45. The largest absolute Gasteiger partial charge is 0.497 e. The van der Waals surface area contributed by atoms with E-state index in [1.807, 2.05) is 17.5 Å². The van der Waals surface area contributed by atoms with Crippen LogP contribution in [-0.4, -0.2) is 46.4 Å². The first-order chi connectivity index (χ1) is 14.0. The van der Waals surface area contributed by atoms with Crippen molar-refractivity contribution >= 4 is 22.4 Å². The molecule has 0 fully saturated rings. The fourth-order valence-corrected chi connectivity index (χ4v) is 3.61. The van der Waals surface area contributed by atoms with Gasteiger partial charge >= 0.3 is 0 Å². The molecule has 1 aromatic heterocycles. The highest BCUT2D eigenvalue weighted by molar-refractivity contribution is 7.14. The van der Waals surface area contributed by atoms with Crippen LogP contribution in [0.15, 0.2) is 41.8 Å². The maximum absolute atomic E-state index is 12.8. The van der Waals surface area contributed by atoms with Crippen molar-refractivity contribution in [2.45, 2.75) is 0 Å². The molecule has 1 amide bonds. The van der Waals surface area contributed by atoms with Crippen LogP contribution in [0, 0.1) is 0 Å². The minimum Gasteiger partial charge on any atom is -0.497 e. The zero-order chi connectivity index (χ0) is 21.0. The smallest absolute Gasteiger partial charge is 0.259 e. The molecule has 0 radical (unpaired) electrons. The van der Waals surface area contributed by atoms with Gasteiger partial charge in [-0.2, -0.15) is 0 Å². The van der Waals surface area contributed by atoms with Gasteiger partial charge in [-0.25, -0.2) is 4.98 Å². The molecule has 2 aromatic carbocycles. The van der Waals surface area contributed by atoms with Gasteiger partial charge in [-0.1, -0.05) is 6.07 Å². The summed E-state index contributed by atoms with van der Waals surface area (Å²) in [7, 11) is 7.94. The number of methoxy groups -OCH3 is 4. The van der Waals surface area contributed by atoms with Crippen molar-refractivity contribution in [2.75, 3.05) is 40.4 Å². The van der Waals surface area contributed by atoms with Crippen LogP contribution in [0.5, 0.6) is 23.0 Å². The lowest BCUT2D eigenvalue weighted by molar-refractivity contribution is 0.0992. The normalized spacial score (nSPS) is 10.4. The van der Waals surface area contributed by atoms with Crippen LogP contribution >= 0.6 is 11.3 Å². The zero-order valence-corrected chi connectivity index (χ0v) is 17.7. The van der Waals surface area contributed by atoms with Crippen LogP contribution in [0.25, 0.3) is 11.3 Å². The second-order valence-corrected chi connectivity index (χ2v) is 6.86. The second-order valence-electron chi connectivity index (χ2n) is 6.03. The molecule has 0 atom stereocenters. The molecule has 0 saturated heterocycles. The first-order valence-electron chi connectivity index (χ1n) is 8.70. The van der Waals surface area contributed by atoms with Crippen LogP contribution in [0.4, 0.5) is 5.13 Å². The minimum atomic E-state index is -0.172. The Morgan fingerprint density at radius 1 is 0.966 bits per heavy atom. The predicted molar refractivity (Wildman–Crippen MR) is 113 cm³/mol. The van der Waals surface area contributed by atoms with Gasteiger partial charge in [0.2, 0.25) is 5.75 Å². The molecular formula is C21H22N2O5S. The third-order valence-corrected chi connectivity index (χ3v) is 5.28. The second kappa shape index (κ2) is 8.83. The Morgan fingerprint density at radius 3 is 2.24 bits per heavy atom.